The standard InChI is InChI=1S/C16H36N.C9H19NO3S/c1-5-9-13-17(14-10-6-2,15-11-7-3)16-12-8-4;11-14(12,13)9-5-4-8-10-6-2-1-3-7-10/h5-16H2,1-4H3;1-9H2,(H,11,12,13)/q+1;/p-1. The van der Waals surface area contributed by atoms with Crippen LogP contribution in [0.3, 0.4) is 0 Å². The summed E-state index contributed by atoms with van der Waals surface area (Å²) in [4.78, 5) is 2.35. The minimum atomic E-state index is -4.00. The van der Waals surface area contributed by atoms with E-state index in [0.717, 1.165) is 26.1 Å². The monoisotopic (exact) mass is 462 g/mol. The van der Waals surface area contributed by atoms with Crippen molar-refractivity contribution in [1.29, 1.82) is 0 Å². The maximum absolute atomic E-state index is 10.3. The molecule has 0 unspecified atom stereocenters. The highest BCUT2D eigenvalue weighted by molar-refractivity contribution is 7.85. The zero-order valence-corrected chi connectivity index (χ0v) is 22.2. The van der Waals surface area contributed by atoms with Crippen molar-refractivity contribution in [2.24, 2.45) is 0 Å². The minimum absolute atomic E-state index is 0.208. The SMILES string of the molecule is CCCC[N+](CCCC)(CCCC)CCCC.O=S(=O)([O-])CCCCN1CCCCC1. The van der Waals surface area contributed by atoms with Crippen LogP contribution >= 0.6 is 0 Å². The molecule has 1 heterocycles. The Balaban J connectivity index is 0.000000590. The fourth-order valence-electron chi connectivity index (χ4n) is 4.44. The Bertz CT molecular complexity index is 453. The zero-order chi connectivity index (χ0) is 23.4. The first-order valence-corrected chi connectivity index (χ1v) is 14.9. The molecule has 0 atom stereocenters. The van der Waals surface area contributed by atoms with Crippen molar-refractivity contribution < 1.29 is 17.5 Å². The molecule has 0 saturated carbocycles. The third kappa shape index (κ3) is 18.0. The van der Waals surface area contributed by atoms with Crippen LogP contribution in [0.15, 0.2) is 0 Å². The van der Waals surface area contributed by atoms with Gasteiger partial charge in [-0.3, -0.25) is 0 Å². The zero-order valence-electron chi connectivity index (χ0n) is 21.4. The van der Waals surface area contributed by atoms with Gasteiger partial charge in [0, 0.05) is 5.75 Å². The van der Waals surface area contributed by atoms with Crippen molar-refractivity contribution in [2.75, 3.05) is 51.6 Å². The summed E-state index contributed by atoms with van der Waals surface area (Å²) in [5.74, 6) is -0.208. The van der Waals surface area contributed by atoms with E-state index in [1.807, 2.05) is 0 Å². The maximum Gasteiger partial charge on any atom is 0.0945 e. The third-order valence-corrected chi connectivity index (χ3v) is 7.30. The largest absolute Gasteiger partial charge is 0.748 e. The van der Waals surface area contributed by atoms with Crippen molar-refractivity contribution in [3.8, 4) is 0 Å². The highest BCUT2D eigenvalue weighted by atomic mass is 32.2. The Kier molecular flexibility index (Phi) is 19.2. The molecule has 1 rings (SSSR count). The lowest BCUT2D eigenvalue weighted by Gasteiger charge is -2.39. The first-order valence-electron chi connectivity index (χ1n) is 13.3. The second-order valence-electron chi connectivity index (χ2n) is 9.52. The van der Waals surface area contributed by atoms with E-state index in [0.29, 0.717) is 6.42 Å². The van der Waals surface area contributed by atoms with Gasteiger partial charge in [0.25, 0.3) is 0 Å². The molecule has 31 heavy (non-hydrogen) atoms. The van der Waals surface area contributed by atoms with E-state index in [2.05, 4.69) is 32.6 Å². The van der Waals surface area contributed by atoms with E-state index in [4.69, 9.17) is 0 Å². The Morgan fingerprint density at radius 2 is 1.10 bits per heavy atom. The first-order chi connectivity index (χ1) is 14.8. The molecule has 0 N–H and O–H groups in total. The predicted octanol–water partition coefficient (Wildman–Crippen LogP) is 5.80. The van der Waals surface area contributed by atoms with Crippen LogP contribution in [0, 0.1) is 0 Å². The molecule has 0 spiro atoms. The molecule has 0 amide bonds. The fraction of sp³-hybridized carbons (Fsp3) is 1.00. The van der Waals surface area contributed by atoms with E-state index in [1.165, 1.54) is 101 Å². The number of likely N-dealkylation sites (tertiary alicyclic amines) is 1. The molecule has 1 aliphatic rings. The van der Waals surface area contributed by atoms with Gasteiger partial charge in [-0.1, -0.05) is 59.8 Å². The van der Waals surface area contributed by atoms with Gasteiger partial charge in [-0.15, -0.1) is 0 Å². The van der Waals surface area contributed by atoms with Crippen LogP contribution in [0.4, 0.5) is 0 Å². The Hall–Kier alpha value is -0.170. The van der Waals surface area contributed by atoms with Gasteiger partial charge >= 0.3 is 0 Å². The predicted molar refractivity (Wildman–Crippen MR) is 133 cm³/mol. The van der Waals surface area contributed by atoms with Gasteiger partial charge < -0.3 is 13.9 Å². The molecule has 0 aliphatic carbocycles. The molecule has 0 aromatic rings. The van der Waals surface area contributed by atoms with Gasteiger partial charge in [-0.2, -0.15) is 0 Å². The molecule has 0 bridgehead atoms. The molecule has 0 radical (unpaired) electrons. The molecule has 0 aromatic heterocycles. The summed E-state index contributed by atoms with van der Waals surface area (Å²) >= 11 is 0. The van der Waals surface area contributed by atoms with Crippen LogP contribution in [0.5, 0.6) is 0 Å². The van der Waals surface area contributed by atoms with E-state index in [-0.39, 0.29) is 5.75 Å². The molecular formula is C25H54N2O3S. The van der Waals surface area contributed by atoms with Crippen molar-refractivity contribution in [3.63, 3.8) is 0 Å². The number of piperidine rings is 1. The van der Waals surface area contributed by atoms with Gasteiger partial charge in [-0.25, -0.2) is 8.42 Å². The summed E-state index contributed by atoms with van der Waals surface area (Å²) in [5.41, 5.74) is 0. The van der Waals surface area contributed by atoms with Gasteiger partial charge in [0.15, 0.2) is 0 Å². The number of hydrogen-bond acceptors (Lipinski definition) is 4. The number of hydrogen-bond donors (Lipinski definition) is 0. The van der Waals surface area contributed by atoms with E-state index < -0.39 is 10.1 Å². The fourth-order valence-corrected chi connectivity index (χ4v) is 5.00. The number of unbranched alkanes of at least 4 members (excludes halogenated alkanes) is 5. The third-order valence-electron chi connectivity index (χ3n) is 6.51. The normalized spacial score (nSPS) is 15.5. The Morgan fingerprint density at radius 3 is 1.45 bits per heavy atom. The maximum atomic E-state index is 10.3. The summed E-state index contributed by atoms with van der Waals surface area (Å²) in [6.07, 6.45) is 16.2. The van der Waals surface area contributed by atoms with Crippen molar-refractivity contribution in [2.45, 2.75) is 111 Å². The summed E-state index contributed by atoms with van der Waals surface area (Å²) in [6, 6.07) is 0. The van der Waals surface area contributed by atoms with E-state index in [1.54, 1.807) is 0 Å². The van der Waals surface area contributed by atoms with Crippen LogP contribution in [-0.4, -0.2) is 73.9 Å². The molecule has 1 saturated heterocycles. The summed E-state index contributed by atoms with van der Waals surface area (Å²) in [6.45, 7) is 18.2. The lowest BCUT2D eigenvalue weighted by molar-refractivity contribution is -0.929. The molecule has 188 valence electrons. The quantitative estimate of drug-likeness (QED) is 0.156. The van der Waals surface area contributed by atoms with E-state index >= 15 is 0 Å². The van der Waals surface area contributed by atoms with Crippen molar-refractivity contribution in [3.05, 3.63) is 0 Å². The lowest BCUT2D eigenvalue weighted by Crippen LogP contribution is -2.50. The summed E-state index contributed by atoms with van der Waals surface area (Å²) in [7, 11) is -4.00. The highest BCUT2D eigenvalue weighted by Gasteiger charge is 2.24. The van der Waals surface area contributed by atoms with Crippen molar-refractivity contribution in [1.82, 2.24) is 4.90 Å². The number of rotatable bonds is 17. The van der Waals surface area contributed by atoms with Crippen LogP contribution in [0.25, 0.3) is 0 Å². The Labute approximate surface area is 195 Å². The average Bonchev–Trinajstić information content (AvgIpc) is 2.76. The Morgan fingerprint density at radius 1 is 0.677 bits per heavy atom. The molecule has 1 fully saturated rings. The molecule has 1 aliphatic heterocycles. The van der Waals surface area contributed by atoms with Crippen molar-refractivity contribution >= 4 is 10.1 Å². The number of quaternary nitrogens is 1. The molecule has 6 heteroatoms. The van der Waals surface area contributed by atoms with E-state index in [9.17, 15) is 13.0 Å². The number of nitrogens with zero attached hydrogens (tertiary/aromatic N) is 2. The van der Waals surface area contributed by atoms with Gasteiger partial charge in [0.05, 0.1) is 36.3 Å². The topological polar surface area (TPSA) is 60.4 Å². The van der Waals surface area contributed by atoms with Crippen LogP contribution in [0.1, 0.15) is 111 Å². The highest BCUT2D eigenvalue weighted by Crippen LogP contribution is 2.16. The molecular weight excluding hydrogens is 408 g/mol. The first kappa shape index (κ1) is 30.8. The van der Waals surface area contributed by atoms with Gasteiger partial charge in [0.2, 0.25) is 0 Å². The van der Waals surface area contributed by atoms with Crippen LogP contribution < -0.4 is 0 Å². The lowest BCUT2D eigenvalue weighted by atomic mass is 10.1. The van der Waals surface area contributed by atoms with Crippen LogP contribution in [0.2, 0.25) is 0 Å². The second kappa shape index (κ2) is 19.3. The average molecular weight is 463 g/mol. The molecule has 0 aromatic carbocycles. The molecule has 5 nitrogen and oxygen atoms in total. The minimum Gasteiger partial charge on any atom is -0.748 e. The summed E-state index contributed by atoms with van der Waals surface area (Å²) < 4.78 is 32.4. The second-order valence-corrected chi connectivity index (χ2v) is 11.0. The van der Waals surface area contributed by atoms with Gasteiger partial charge in [0.1, 0.15) is 0 Å². The van der Waals surface area contributed by atoms with Crippen LogP contribution in [-0.2, 0) is 10.1 Å². The van der Waals surface area contributed by atoms with Gasteiger partial charge in [-0.05, 0) is 71.0 Å². The summed E-state index contributed by atoms with van der Waals surface area (Å²) in [5, 5.41) is 0. The smallest absolute Gasteiger partial charge is 0.0945 e.